The topological polar surface area (TPSA) is 58.1 Å². The van der Waals surface area contributed by atoms with Gasteiger partial charge >= 0.3 is 0 Å². The highest BCUT2D eigenvalue weighted by atomic mass is 32.1. The van der Waals surface area contributed by atoms with Crippen LogP contribution in [0.2, 0.25) is 0 Å². The number of amides is 1. The van der Waals surface area contributed by atoms with E-state index in [0.29, 0.717) is 21.2 Å². The Bertz CT molecular complexity index is 1120. The number of nitrogens with one attached hydrogen (secondary N) is 1. The minimum Gasteiger partial charge on any atom is -0.335 e. The lowest BCUT2D eigenvalue weighted by Crippen LogP contribution is -2.36. The quantitative estimate of drug-likeness (QED) is 0.709. The Labute approximate surface area is 162 Å². The van der Waals surface area contributed by atoms with Crippen LogP contribution in [-0.2, 0) is 13.5 Å². The molecule has 0 aliphatic carbocycles. The highest BCUT2D eigenvalue weighted by Crippen LogP contribution is 2.24. The van der Waals surface area contributed by atoms with Gasteiger partial charge in [-0.15, -0.1) is 0 Å². The van der Waals surface area contributed by atoms with Crippen molar-refractivity contribution in [3.05, 3.63) is 74.8 Å². The molecule has 0 saturated carbocycles. The number of benzene rings is 2. The molecule has 1 aliphatic rings. The third-order valence-corrected chi connectivity index (χ3v) is 5.68. The van der Waals surface area contributed by atoms with Crippen LogP contribution in [0, 0.1) is 4.77 Å². The van der Waals surface area contributed by atoms with E-state index in [2.05, 4.69) is 17.1 Å². The van der Waals surface area contributed by atoms with Gasteiger partial charge in [0.05, 0.1) is 10.9 Å². The van der Waals surface area contributed by atoms with E-state index in [-0.39, 0.29) is 17.5 Å². The maximum Gasteiger partial charge on any atom is 0.261 e. The molecule has 138 valence electrons. The Balaban J connectivity index is 1.64. The summed E-state index contributed by atoms with van der Waals surface area (Å²) in [5, 5.41) is 0.532. The molecule has 0 radical (unpaired) electrons. The zero-order valence-corrected chi connectivity index (χ0v) is 16.0. The highest BCUT2D eigenvalue weighted by Gasteiger charge is 2.29. The van der Waals surface area contributed by atoms with Crippen molar-refractivity contribution in [3.63, 3.8) is 0 Å². The van der Waals surface area contributed by atoms with E-state index in [1.54, 1.807) is 25.2 Å². The fraction of sp³-hybridized carbons (Fsp3) is 0.286. The Kier molecular flexibility index (Phi) is 4.66. The van der Waals surface area contributed by atoms with E-state index >= 15 is 0 Å². The standard InChI is InChI=1S/C21H21N3O2S/c1-23-20(26)17-10-9-15(13-18(17)22-21(23)27)19(25)24-11-5-8-16(24)12-14-6-3-2-4-7-14/h2-4,6-7,9-10,13,16H,5,8,11-12H2,1H3,(H,22,27)/t16-/m0/s1. The van der Waals surface area contributed by atoms with Gasteiger partial charge < -0.3 is 9.88 Å². The van der Waals surface area contributed by atoms with Crippen LogP contribution >= 0.6 is 12.2 Å². The zero-order valence-electron chi connectivity index (χ0n) is 15.1. The number of hydrogen-bond donors (Lipinski definition) is 1. The van der Waals surface area contributed by atoms with E-state index in [1.807, 2.05) is 23.1 Å². The lowest BCUT2D eigenvalue weighted by molar-refractivity contribution is 0.0736. The van der Waals surface area contributed by atoms with E-state index in [0.717, 1.165) is 25.8 Å². The predicted molar refractivity (Wildman–Crippen MR) is 109 cm³/mol. The van der Waals surface area contributed by atoms with Gasteiger partial charge in [0.25, 0.3) is 11.5 Å². The molecule has 6 heteroatoms. The van der Waals surface area contributed by atoms with Crippen molar-refractivity contribution in [1.29, 1.82) is 0 Å². The summed E-state index contributed by atoms with van der Waals surface area (Å²) in [6.07, 6.45) is 2.89. The van der Waals surface area contributed by atoms with Crippen molar-refractivity contribution in [3.8, 4) is 0 Å². The molecule has 0 bridgehead atoms. The van der Waals surface area contributed by atoms with Crippen LogP contribution in [-0.4, -0.2) is 32.9 Å². The Hall–Kier alpha value is -2.73. The van der Waals surface area contributed by atoms with Gasteiger partial charge in [-0.2, -0.15) is 0 Å². The number of aromatic nitrogens is 2. The lowest BCUT2D eigenvalue weighted by atomic mass is 10.0. The summed E-state index contributed by atoms with van der Waals surface area (Å²) in [5.41, 5.74) is 2.28. The first-order valence-electron chi connectivity index (χ1n) is 9.12. The monoisotopic (exact) mass is 379 g/mol. The van der Waals surface area contributed by atoms with Gasteiger partial charge in [0.1, 0.15) is 0 Å². The Morgan fingerprint density at radius 3 is 2.78 bits per heavy atom. The highest BCUT2D eigenvalue weighted by molar-refractivity contribution is 7.71. The number of likely N-dealkylation sites (tertiary alicyclic amines) is 1. The van der Waals surface area contributed by atoms with Gasteiger partial charge in [0, 0.05) is 25.2 Å². The number of H-pyrrole nitrogens is 1. The molecule has 1 amide bonds. The second-order valence-electron chi connectivity index (χ2n) is 7.04. The predicted octanol–water partition coefficient (Wildman–Crippen LogP) is 3.44. The van der Waals surface area contributed by atoms with Gasteiger partial charge in [0.2, 0.25) is 0 Å². The van der Waals surface area contributed by atoms with Crippen LogP contribution in [0.1, 0.15) is 28.8 Å². The second kappa shape index (κ2) is 7.12. The number of nitrogens with zero attached hydrogens (tertiary/aromatic N) is 2. The number of rotatable bonds is 3. The summed E-state index contributed by atoms with van der Waals surface area (Å²) in [6, 6.07) is 15.7. The minimum absolute atomic E-state index is 0.00956. The molecule has 1 fully saturated rings. The maximum atomic E-state index is 13.1. The third-order valence-electron chi connectivity index (χ3n) is 5.30. The number of aromatic amines is 1. The first-order valence-corrected chi connectivity index (χ1v) is 9.53. The molecule has 27 heavy (non-hydrogen) atoms. The largest absolute Gasteiger partial charge is 0.335 e. The Morgan fingerprint density at radius 1 is 1.22 bits per heavy atom. The molecule has 4 rings (SSSR count). The second-order valence-corrected chi connectivity index (χ2v) is 7.43. The molecular weight excluding hydrogens is 358 g/mol. The van der Waals surface area contributed by atoms with Gasteiger partial charge in [-0.25, -0.2) is 0 Å². The van der Waals surface area contributed by atoms with E-state index < -0.39 is 0 Å². The lowest BCUT2D eigenvalue weighted by Gasteiger charge is -2.25. The molecule has 0 spiro atoms. The molecule has 1 atom stereocenters. The van der Waals surface area contributed by atoms with Gasteiger partial charge in [-0.1, -0.05) is 30.3 Å². The molecule has 5 nitrogen and oxygen atoms in total. The van der Waals surface area contributed by atoms with Crippen molar-refractivity contribution >= 4 is 29.0 Å². The number of carbonyl (C=O) groups excluding carboxylic acids is 1. The zero-order chi connectivity index (χ0) is 19.0. The number of hydrogen-bond acceptors (Lipinski definition) is 3. The molecule has 1 aromatic heterocycles. The number of carbonyl (C=O) groups is 1. The first kappa shape index (κ1) is 17.7. The van der Waals surface area contributed by atoms with E-state index in [4.69, 9.17) is 12.2 Å². The summed E-state index contributed by atoms with van der Waals surface area (Å²) in [6.45, 7) is 0.765. The van der Waals surface area contributed by atoms with Gasteiger partial charge in [-0.05, 0) is 55.2 Å². The van der Waals surface area contributed by atoms with E-state index in [9.17, 15) is 9.59 Å². The molecular formula is C21H21N3O2S. The normalized spacial score (nSPS) is 16.8. The third kappa shape index (κ3) is 3.32. The molecule has 1 saturated heterocycles. The van der Waals surface area contributed by atoms with Crippen LogP contribution in [0.3, 0.4) is 0 Å². The van der Waals surface area contributed by atoms with E-state index in [1.165, 1.54) is 10.1 Å². The fourth-order valence-corrected chi connectivity index (χ4v) is 4.00. The van der Waals surface area contributed by atoms with Crippen molar-refractivity contribution in [2.45, 2.75) is 25.3 Å². The van der Waals surface area contributed by atoms with Gasteiger partial charge in [-0.3, -0.25) is 14.2 Å². The summed E-state index contributed by atoms with van der Waals surface area (Å²) in [5.74, 6) is 0.00956. The summed E-state index contributed by atoms with van der Waals surface area (Å²) < 4.78 is 1.75. The van der Waals surface area contributed by atoms with Crippen molar-refractivity contribution in [1.82, 2.24) is 14.5 Å². The SMILES string of the molecule is Cn1c(=S)[nH]c2cc(C(=O)N3CCC[C@H]3Cc3ccccc3)ccc2c1=O. The summed E-state index contributed by atoms with van der Waals surface area (Å²) in [4.78, 5) is 30.5. The Morgan fingerprint density at radius 2 is 2.00 bits per heavy atom. The molecule has 3 aromatic rings. The first-order chi connectivity index (χ1) is 13.0. The molecule has 2 aromatic carbocycles. The van der Waals surface area contributed by atoms with Crippen LogP contribution in [0.25, 0.3) is 10.9 Å². The minimum atomic E-state index is -0.157. The fourth-order valence-electron chi connectivity index (χ4n) is 3.81. The average Bonchev–Trinajstić information content (AvgIpc) is 3.14. The van der Waals surface area contributed by atoms with Crippen LogP contribution in [0.5, 0.6) is 0 Å². The summed E-state index contributed by atoms with van der Waals surface area (Å²) >= 11 is 5.19. The summed E-state index contributed by atoms with van der Waals surface area (Å²) in [7, 11) is 1.64. The van der Waals surface area contributed by atoms with Crippen LogP contribution in [0.4, 0.5) is 0 Å². The molecule has 1 N–H and O–H groups in total. The van der Waals surface area contributed by atoms with Crippen molar-refractivity contribution in [2.24, 2.45) is 7.05 Å². The van der Waals surface area contributed by atoms with Crippen molar-refractivity contribution < 1.29 is 4.79 Å². The van der Waals surface area contributed by atoms with Gasteiger partial charge in [0.15, 0.2) is 4.77 Å². The maximum absolute atomic E-state index is 13.1. The van der Waals surface area contributed by atoms with Crippen LogP contribution < -0.4 is 5.56 Å². The van der Waals surface area contributed by atoms with Crippen LogP contribution in [0.15, 0.2) is 53.3 Å². The number of fused-ring (bicyclic) bond motifs is 1. The van der Waals surface area contributed by atoms with Crippen molar-refractivity contribution in [2.75, 3.05) is 6.54 Å². The molecule has 0 unspecified atom stereocenters. The smallest absolute Gasteiger partial charge is 0.261 e. The molecule has 1 aliphatic heterocycles. The molecule has 2 heterocycles. The average molecular weight is 379 g/mol.